The molecule has 1 aromatic rings. The zero-order valence-electron chi connectivity index (χ0n) is 13.7. The molecule has 0 saturated carbocycles. The van der Waals surface area contributed by atoms with Gasteiger partial charge in [0, 0.05) is 18.8 Å². The highest BCUT2D eigenvalue weighted by molar-refractivity contribution is 5.99. The van der Waals surface area contributed by atoms with Gasteiger partial charge >= 0.3 is 18.2 Å². The molecule has 10 heteroatoms. The highest BCUT2D eigenvalue weighted by Crippen LogP contribution is 2.06. The van der Waals surface area contributed by atoms with Gasteiger partial charge in [-0.1, -0.05) is 0 Å². The molecular formula is C14H20N4O6. The van der Waals surface area contributed by atoms with Crippen molar-refractivity contribution in [2.75, 3.05) is 6.61 Å². The van der Waals surface area contributed by atoms with Gasteiger partial charge in [-0.25, -0.2) is 14.3 Å². The number of ether oxygens (including phenoxy) is 2. The molecule has 0 unspecified atom stereocenters. The van der Waals surface area contributed by atoms with Crippen LogP contribution < -0.4 is 5.32 Å². The maximum Gasteiger partial charge on any atom is 0.436 e. The van der Waals surface area contributed by atoms with Gasteiger partial charge in [-0.2, -0.15) is 5.10 Å². The van der Waals surface area contributed by atoms with Crippen LogP contribution in [0.25, 0.3) is 0 Å². The minimum Gasteiger partial charge on any atom is -0.481 e. The van der Waals surface area contributed by atoms with Crippen LogP contribution in [0.5, 0.6) is 0 Å². The van der Waals surface area contributed by atoms with E-state index in [4.69, 9.17) is 14.6 Å². The van der Waals surface area contributed by atoms with Crippen molar-refractivity contribution < 1.29 is 29.0 Å². The van der Waals surface area contributed by atoms with Gasteiger partial charge in [0.2, 0.25) is 5.96 Å². The fourth-order valence-electron chi connectivity index (χ4n) is 1.43. The van der Waals surface area contributed by atoms with Gasteiger partial charge < -0.3 is 14.6 Å². The Morgan fingerprint density at radius 1 is 1.33 bits per heavy atom. The second-order valence-corrected chi connectivity index (χ2v) is 5.62. The van der Waals surface area contributed by atoms with Gasteiger partial charge in [0.1, 0.15) is 5.60 Å². The number of hydrogen-bond donors (Lipinski definition) is 2. The summed E-state index contributed by atoms with van der Waals surface area (Å²) in [6.45, 7) is 4.96. The van der Waals surface area contributed by atoms with Crippen molar-refractivity contribution in [3.05, 3.63) is 18.5 Å². The van der Waals surface area contributed by atoms with Crippen molar-refractivity contribution in [1.29, 1.82) is 0 Å². The van der Waals surface area contributed by atoms with Crippen LogP contribution in [0, 0.1) is 0 Å². The smallest absolute Gasteiger partial charge is 0.436 e. The number of aliphatic carboxylic acids is 1. The maximum absolute atomic E-state index is 11.8. The molecule has 2 amide bonds. The molecule has 0 radical (unpaired) electrons. The van der Waals surface area contributed by atoms with Crippen molar-refractivity contribution in [2.45, 2.75) is 39.2 Å². The molecule has 1 aromatic heterocycles. The van der Waals surface area contributed by atoms with Crippen LogP contribution in [0.2, 0.25) is 0 Å². The fraction of sp³-hybridized carbons (Fsp3) is 0.500. The first-order chi connectivity index (χ1) is 11.2. The van der Waals surface area contributed by atoms with E-state index in [0.717, 1.165) is 4.68 Å². The Labute approximate surface area is 138 Å². The molecule has 0 atom stereocenters. The molecule has 10 nitrogen and oxygen atoms in total. The van der Waals surface area contributed by atoms with E-state index in [0.29, 0.717) is 0 Å². The van der Waals surface area contributed by atoms with E-state index in [9.17, 15) is 14.4 Å². The normalized spacial score (nSPS) is 11.7. The van der Waals surface area contributed by atoms with Gasteiger partial charge in [-0.15, -0.1) is 4.99 Å². The summed E-state index contributed by atoms with van der Waals surface area (Å²) in [5, 5.41) is 14.7. The topological polar surface area (TPSA) is 132 Å². The third-order valence-electron chi connectivity index (χ3n) is 2.29. The zero-order chi connectivity index (χ0) is 18.2. The number of nitrogens with zero attached hydrogens (tertiary/aromatic N) is 3. The Morgan fingerprint density at radius 2 is 2.04 bits per heavy atom. The summed E-state index contributed by atoms with van der Waals surface area (Å²) in [5.74, 6) is -1.18. The Balaban J connectivity index is 2.70. The van der Waals surface area contributed by atoms with E-state index in [-0.39, 0.29) is 25.4 Å². The molecule has 132 valence electrons. The standard InChI is InChI=1S/C14H20N4O6/c1-14(2,3)24-13(22)17-11(18-8-5-7-15-18)16-12(21)23-9-4-6-10(19)20/h5,7-8H,4,6,9H2,1-3H3,(H,19,20)(H,16,17,21,22). The Hall–Kier alpha value is -2.91. The number of carbonyl (C=O) groups excluding carboxylic acids is 2. The average molecular weight is 340 g/mol. The lowest BCUT2D eigenvalue weighted by Crippen LogP contribution is -2.40. The Kier molecular flexibility index (Phi) is 6.90. The molecule has 24 heavy (non-hydrogen) atoms. The summed E-state index contributed by atoms with van der Waals surface area (Å²) >= 11 is 0. The van der Waals surface area contributed by atoms with Crippen molar-refractivity contribution in [3.63, 3.8) is 0 Å². The van der Waals surface area contributed by atoms with Crippen molar-refractivity contribution in [1.82, 2.24) is 15.1 Å². The molecule has 2 N–H and O–H groups in total. The van der Waals surface area contributed by atoms with Gasteiger partial charge in [0.15, 0.2) is 0 Å². The van der Waals surface area contributed by atoms with Gasteiger partial charge in [0.25, 0.3) is 0 Å². The van der Waals surface area contributed by atoms with Crippen molar-refractivity contribution >= 4 is 24.1 Å². The van der Waals surface area contributed by atoms with Crippen molar-refractivity contribution in [2.24, 2.45) is 4.99 Å². The number of nitrogens with one attached hydrogen (secondary N) is 1. The largest absolute Gasteiger partial charge is 0.481 e. The van der Waals surface area contributed by atoms with E-state index < -0.39 is 23.8 Å². The van der Waals surface area contributed by atoms with Gasteiger partial charge in [-0.05, 0) is 33.3 Å². The summed E-state index contributed by atoms with van der Waals surface area (Å²) in [5.41, 5.74) is -0.726. The average Bonchev–Trinajstić information content (AvgIpc) is 2.94. The van der Waals surface area contributed by atoms with E-state index in [1.807, 2.05) is 0 Å². The fourth-order valence-corrected chi connectivity index (χ4v) is 1.43. The maximum atomic E-state index is 11.8. The number of aliphatic imine (C=N–C) groups is 1. The molecule has 0 spiro atoms. The second kappa shape index (κ2) is 8.65. The molecular weight excluding hydrogens is 320 g/mol. The number of alkyl carbamates (subject to hydrolysis) is 1. The van der Waals surface area contributed by atoms with Gasteiger partial charge in [0.05, 0.1) is 6.61 Å². The highest BCUT2D eigenvalue weighted by Gasteiger charge is 2.19. The minimum atomic E-state index is -0.988. The van der Waals surface area contributed by atoms with Crippen LogP contribution in [0.3, 0.4) is 0 Å². The van der Waals surface area contributed by atoms with Crippen LogP contribution in [0.1, 0.15) is 33.6 Å². The van der Waals surface area contributed by atoms with E-state index in [1.54, 1.807) is 26.8 Å². The number of carboxylic acid groups (broad SMARTS) is 1. The van der Waals surface area contributed by atoms with Crippen LogP contribution in [0.15, 0.2) is 23.5 Å². The predicted octanol–water partition coefficient (Wildman–Crippen LogP) is 1.61. The Bertz CT molecular complexity index is 603. The monoisotopic (exact) mass is 340 g/mol. The van der Waals surface area contributed by atoms with E-state index in [2.05, 4.69) is 15.4 Å². The summed E-state index contributed by atoms with van der Waals surface area (Å²) in [6, 6.07) is 1.57. The number of amides is 2. The third kappa shape index (κ3) is 7.92. The lowest BCUT2D eigenvalue weighted by Gasteiger charge is -2.19. The number of rotatable bonds is 4. The van der Waals surface area contributed by atoms with Crippen LogP contribution >= 0.6 is 0 Å². The SMILES string of the molecule is CC(C)(C)OC(=O)NC(=NC(=O)OCCCC(=O)O)n1cccn1. The van der Waals surface area contributed by atoms with Crippen LogP contribution in [-0.2, 0) is 14.3 Å². The zero-order valence-corrected chi connectivity index (χ0v) is 13.7. The molecule has 1 heterocycles. The van der Waals surface area contributed by atoms with E-state index in [1.165, 1.54) is 12.4 Å². The first kappa shape index (κ1) is 19.1. The summed E-state index contributed by atoms with van der Waals surface area (Å²) in [4.78, 5) is 37.5. The number of hydrogen-bond acceptors (Lipinski definition) is 6. The quantitative estimate of drug-likeness (QED) is 0.483. The molecule has 0 aliphatic heterocycles. The number of carbonyl (C=O) groups is 3. The lowest BCUT2D eigenvalue weighted by atomic mass is 10.2. The first-order valence-electron chi connectivity index (χ1n) is 7.14. The summed E-state index contributed by atoms with van der Waals surface area (Å²) in [7, 11) is 0. The number of aromatic nitrogens is 2. The molecule has 0 saturated heterocycles. The Morgan fingerprint density at radius 3 is 2.58 bits per heavy atom. The predicted molar refractivity (Wildman–Crippen MR) is 82.6 cm³/mol. The lowest BCUT2D eigenvalue weighted by molar-refractivity contribution is -0.137. The van der Waals surface area contributed by atoms with Gasteiger partial charge in [-0.3, -0.25) is 10.1 Å². The van der Waals surface area contributed by atoms with E-state index >= 15 is 0 Å². The second-order valence-electron chi connectivity index (χ2n) is 5.62. The molecule has 0 aliphatic rings. The third-order valence-corrected chi connectivity index (χ3v) is 2.29. The molecule has 0 fully saturated rings. The molecule has 1 rings (SSSR count). The van der Waals surface area contributed by atoms with Crippen molar-refractivity contribution in [3.8, 4) is 0 Å². The first-order valence-corrected chi connectivity index (χ1v) is 7.14. The molecule has 0 aliphatic carbocycles. The highest BCUT2D eigenvalue weighted by atomic mass is 16.6. The van der Waals surface area contributed by atoms with Crippen LogP contribution in [0.4, 0.5) is 9.59 Å². The minimum absolute atomic E-state index is 0.104. The summed E-state index contributed by atoms with van der Waals surface area (Å²) in [6.07, 6.45) is 1.14. The summed E-state index contributed by atoms with van der Waals surface area (Å²) < 4.78 is 11.0. The molecule has 0 bridgehead atoms. The van der Waals surface area contributed by atoms with Crippen LogP contribution in [-0.4, -0.2) is 51.2 Å². The number of carboxylic acids is 1. The molecule has 0 aromatic carbocycles.